The monoisotopic (exact) mass is 292 g/mol. The molecule has 3 heteroatoms. The van der Waals surface area contributed by atoms with Crippen molar-refractivity contribution in [3.8, 4) is 5.75 Å². The maximum absolute atomic E-state index is 11.6. The quantitative estimate of drug-likeness (QED) is 0.474. The molecule has 0 bridgehead atoms. The Morgan fingerprint density at radius 3 is 2.52 bits per heavy atom. The summed E-state index contributed by atoms with van der Waals surface area (Å²) in [6, 6.07) is 8.18. The van der Waals surface area contributed by atoms with E-state index >= 15 is 0 Å². The summed E-state index contributed by atoms with van der Waals surface area (Å²) in [6.45, 7) is 4.78. The minimum atomic E-state index is -0.0552. The Morgan fingerprint density at radius 1 is 1.19 bits per heavy atom. The first-order chi connectivity index (χ1) is 10.2. The number of carbonyl (C=O) groups excluding carboxylic acids is 1. The predicted octanol–water partition coefficient (Wildman–Crippen LogP) is 4.39. The van der Waals surface area contributed by atoms with Crippen LogP contribution in [0.4, 0.5) is 0 Å². The second kappa shape index (κ2) is 10.3. The number of aryl methyl sites for hydroxylation is 1. The average molecular weight is 292 g/mol. The van der Waals surface area contributed by atoms with Gasteiger partial charge in [-0.1, -0.05) is 32.4 Å². The van der Waals surface area contributed by atoms with Gasteiger partial charge in [-0.15, -0.1) is 0 Å². The molecule has 1 atom stereocenters. The van der Waals surface area contributed by atoms with Crippen LogP contribution in [0.1, 0.15) is 51.5 Å². The highest BCUT2D eigenvalue weighted by molar-refractivity contribution is 5.69. The maximum Gasteiger partial charge on any atom is 0.306 e. The van der Waals surface area contributed by atoms with Crippen LogP contribution in [0.3, 0.4) is 0 Å². The van der Waals surface area contributed by atoms with Gasteiger partial charge in [0.25, 0.3) is 0 Å². The zero-order valence-electron chi connectivity index (χ0n) is 13.6. The van der Waals surface area contributed by atoms with Gasteiger partial charge in [0.1, 0.15) is 5.75 Å². The Kier molecular flexibility index (Phi) is 8.56. The smallest absolute Gasteiger partial charge is 0.306 e. The average Bonchev–Trinajstić information content (AvgIpc) is 2.48. The van der Waals surface area contributed by atoms with Crippen molar-refractivity contribution in [2.75, 3.05) is 13.7 Å². The zero-order valence-corrected chi connectivity index (χ0v) is 13.6. The highest BCUT2D eigenvalue weighted by Gasteiger charge is 2.10. The van der Waals surface area contributed by atoms with Crippen molar-refractivity contribution in [1.82, 2.24) is 0 Å². The van der Waals surface area contributed by atoms with Crippen molar-refractivity contribution in [2.45, 2.75) is 52.4 Å². The number of hydrogen-bond donors (Lipinski definition) is 0. The predicted molar refractivity (Wildman–Crippen MR) is 85.6 cm³/mol. The van der Waals surface area contributed by atoms with Crippen molar-refractivity contribution in [2.24, 2.45) is 5.92 Å². The van der Waals surface area contributed by atoms with Crippen LogP contribution in [0, 0.1) is 5.92 Å². The molecule has 0 amide bonds. The molecule has 21 heavy (non-hydrogen) atoms. The third kappa shape index (κ3) is 7.74. The molecule has 0 unspecified atom stereocenters. The molecular weight excluding hydrogens is 264 g/mol. The topological polar surface area (TPSA) is 35.5 Å². The Labute approximate surface area is 128 Å². The molecule has 0 radical (unpaired) electrons. The second-order valence-electron chi connectivity index (χ2n) is 5.62. The molecule has 1 aromatic carbocycles. The van der Waals surface area contributed by atoms with E-state index in [2.05, 4.69) is 26.0 Å². The van der Waals surface area contributed by atoms with Crippen LogP contribution in [0.2, 0.25) is 0 Å². The minimum Gasteiger partial charge on any atom is -0.497 e. The summed E-state index contributed by atoms with van der Waals surface area (Å²) >= 11 is 0. The van der Waals surface area contributed by atoms with Crippen molar-refractivity contribution in [3.63, 3.8) is 0 Å². The lowest BCUT2D eigenvalue weighted by molar-refractivity contribution is -0.144. The Hall–Kier alpha value is -1.51. The maximum atomic E-state index is 11.6. The lowest BCUT2D eigenvalue weighted by atomic mass is 9.98. The lowest BCUT2D eigenvalue weighted by Gasteiger charge is -2.11. The largest absolute Gasteiger partial charge is 0.497 e. The molecule has 0 aliphatic rings. The van der Waals surface area contributed by atoms with Crippen molar-refractivity contribution >= 4 is 5.97 Å². The Morgan fingerprint density at radius 2 is 1.90 bits per heavy atom. The molecule has 0 aromatic heterocycles. The SMILES string of the molecule is CCCCOC(=O)C[C@H](C)CCCc1ccc(OC)cc1. The number of methoxy groups -OCH3 is 1. The normalized spacial score (nSPS) is 12.0. The standard InChI is InChI=1S/C18H28O3/c1-4-5-13-21-18(19)14-15(2)7-6-8-16-9-11-17(20-3)12-10-16/h9-12,15H,4-8,13-14H2,1-3H3/t15-/m1/s1. The third-order valence-corrected chi connectivity index (χ3v) is 3.60. The number of ether oxygens (including phenoxy) is 2. The lowest BCUT2D eigenvalue weighted by Crippen LogP contribution is -2.10. The van der Waals surface area contributed by atoms with E-state index in [1.807, 2.05) is 12.1 Å². The van der Waals surface area contributed by atoms with E-state index in [-0.39, 0.29) is 5.97 Å². The van der Waals surface area contributed by atoms with Gasteiger partial charge in [-0.05, 0) is 49.3 Å². The molecule has 0 N–H and O–H groups in total. The van der Waals surface area contributed by atoms with E-state index in [4.69, 9.17) is 9.47 Å². The molecular formula is C18H28O3. The van der Waals surface area contributed by atoms with E-state index in [9.17, 15) is 4.79 Å². The molecule has 1 aromatic rings. The summed E-state index contributed by atoms with van der Waals surface area (Å²) in [5, 5.41) is 0. The van der Waals surface area contributed by atoms with Crippen LogP contribution in [0.5, 0.6) is 5.75 Å². The number of hydrogen-bond acceptors (Lipinski definition) is 3. The third-order valence-electron chi connectivity index (χ3n) is 3.60. The van der Waals surface area contributed by atoms with Gasteiger partial charge in [0, 0.05) is 6.42 Å². The first-order valence-corrected chi connectivity index (χ1v) is 7.94. The van der Waals surface area contributed by atoms with Gasteiger partial charge >= 0.3 is 5.97 Å². The molecule has 0 saturated carbocycles. The summed E-state index contributed by atoms with van der Waals surface area (Å²) in [5.74, 6) is 1.22. The van der Waals surface area contributed by atoms with E-state index < -0.39 is 0 Å². The Bertz CT molecular complexity index is 397. The van der Waals surface area contributed by atoms with Gasteiger partial charge in [-0.2, -0.15) is 0 Å². The van der Waals surface area contributed by atoms with Gasteiger partial charge in [-0.3, -0.25) is 4.79 Å². The first-order valence-electron chi connectivity index (χ1n) is 7.94. The van der Waals surface area contributed by atoms with E-state index in [1.54, 1.807) is 7.11 Å². The summed E-state index contributed by atoms with van der Waals surface area (Å²) in [6.07, 6.45) is 5.73. The van der Waals surface area contributed by atoms with Crippen LogP contribution < -0.4 is 4.74 Å². The van der Waals surface area contributed by atoms with Crippen LogP contribution in [-0.4, -0.2) is 19.7 Å². The van der Waals surface area contributed by atoms with Crippen LogP contribution >= 0.6 is 0 Å². The summed E-state index contributed by atoms with van der Waals surface area (Å²) in [7, 11) is 1.68. The van der Waals surface area contributed by atoms with Gasteiger partial charge in [-0.25, -0.2) is 0 Å². The first kappa shape index (κ1) is 17.5. The highest BCUT2D eigenvalue weighted by Crippen LogP contribution is 2.16. The number of carbonyl (C=O) groups is 1. The molecule has 0 saturated heterocycles. The molecule has 3 nitrogen and oxygen atoms in total. The van der Waals surface area contributed by atoms with Gasteiger partial charge in [0.15, 0.2) is 0 Å². The fourth-order valence-electron chi connectivity index (χ4n) is 2.22. The zero-order chi connectivity index (χ0) is 15.5. The molecule has 1 rings (SSSR count). The second-order valence-corrected chi connectivity index (χ2v) is 5.62. The Balaban J connectivity index is 2.17. The van der Waals surface area contributed by atoms with Crippen molar-refractivity contribution in [1.29, 1.82) is 0 Å². The molecule has 0 aliphatic heterocycles. The van der Waals surface area contributed by atoms with Crippen molar-refractivity contribution < 1.29 is 14.3 Å². The molecule has 0 heterocycles. The van der Waals surface area contributed by atoms with Crippen LogP contribution in [-0.2, 0) is 16.0 Å². The highest BCUT2D eigenvalue weighted by atomic mass is 16.5. The van der Waals surface area contributed by atoms with E-state index in [0.717, 1.165) is 37.9 Å². The number of rotatable bonds is 10. The number of benzene rings is 1. The van der Waals surface area contributed by atoms with Gasteiger partial charge in [0.05, 0.1) is 13.7 Å². The number of unbranched alkanes of at least 4 members (excludes halogenated alkanes) is 1. The molecule has 0 spiro atoms. The fourth-order valence-corrected chi connectivity index (χ4v) is 2.22. The van der Waals surface area contributed by atoms with Crippen LogP contribution in [0.25, 0.3) is 0 Å². The van der Waals surface area contributed by atoms with Crippen molar-refractivity contribution in [3.05, 3.63) is 29.8 Å². The summed E-state index contributed by atoms with van der Waals surface area (Å²) in [5.41, 5.74) is 1.31. The molecule has 118 valence electrons. The molecule has 0 aliphatic carbocycles. The summed E-state index contributed by atoms with van der Waals surface area (Å²) < 4.78 is 10.3. The van der Waals surface area contributed by atoms with Gasteiger partial charge < -0.3 is 9.47 Å². The number of esters is 1. The minimum absolute atomic E-state index is 0.0552. The fraction of sp³-hybridized carbons (Fsp3) is 0.611. The van der Waals surface area contributed by atoms with Gasteiger partial charge in [0.2, 0.25) is 0 Å². The van der Waals surface area contributed by atoms with E-state index in [1.165, 1.54) is 5.56 Å². The van der Waals surface area contributed by atoms with Crippen LogP contribution in [0.15, 0.2) is 24.3 Å². The molecule has 0 fully saturated rings. The van der Waals surface area contributed by atoms with E-state index in [0.29, 0.717) is 18.9 Å². The summed E-state index contributed by atoms with van der Waals surface area (Å²) in [4.78, 5) is 11.6.